The lowest BCUT2D eigenvalue weighted by Gasteiger charge is -2.29. The van der Waals surface area contributed by atoms with Gasteiger partial charge in [0, 0.05) is 30.1 Å². The first-order valence-corrected chi connectivity index (χ1v) is 8.10. The molecule has 6 heteroatoms. The molecule has 1 aromatic rings. The maximum Gasteiger partial charge on any atom is 0.228 e. The number of nitrogens with one attached hydrogen (secondary N) is 1. The summed E-state index contributed by atoms with van der Waals surface area (Å²) in [5, 5.41) is 3.46. The summed E-state index contributed by atoms with van der Waals surface area (Å²) >= 11 is 5.88. The molecule has 0 spiro atoms. The van der Waals surface area contributed by atoms with E-state index in [0.29, 0.717) is 17.3 Å². The Morgan fingerprint density at radius 3 is 3.00 bits per heavy atom. The van der Waals surface area contributed by atoms with Crippen molar-refractivity contribution < 1.29 is 9.00 Å². The van der Waals surface area contributed by atoms with Gasteiger partial charge >= 0.3 is 0 Å². The van der Waals surface area contributed by atoms with Crippen LogP contribution in [0, 0.1) is 5.92 Å². The van der Waals surface area contributed by atoms with Crippen molar-refractivity contribution in [2.45, 2.75) is 12.8 Å². The topological polar surface area (TPSA) is 49.4 Å². The highest BCUT2D eigenvalue weighted by molar-refractivity contribution is 7.81. The van der Waals surface area contributed by atoms with Crippen LogP contribution in [-0.4, -0.2) is 33.8 Å². The van der Waals surface area contributed by atoms with Crippen molar-refractivity contribution in [2.75, 3.05) is 24.7 Å². The summed E-state index contributed by atoms with van der Waals surface area (Å²) < 4.78 is 13.3. The van der Waals surface area contributed by atoms with E-state index in [1.54, 1.807) is 24.5 Å². The number of hydrogen-bond donors (Lipinski definition) is 1. The Balaban J connectivity index is 1.98. The summed E-state index contributed by atoms with van der Waals surface area (Å²) in [6.45, 7) is 1.35. The van der Waals surface area contributed by atoms with Gasteiger partial charge in [-0.15, -0.1) is 0 Å². The molecule has 0 aromatic heterocycles. The third-order valence-corrected chi connectivity index (χ3v) is 4.50. The van der Waals surface area contributed by atoms with E-state index in [0.717, 1.165) is 19.4 Å². The lowest BCUT2D eigenvalue weighted by molar-refractivity contribution is -0.120. The molecule has 0 aliphatic carbocycles. The molecule has 1 aromatic carbocycles. The first-order valence-electron chi connectivity index (χ1n) is 6.21. The molecule has 2 unspecified atom stereocenters. The van der Waals surface area contributed by atoms with Crippen LogP contribution in [0.2, 0.25) is 5.02 Å². The van der Waals surface area contributed by atoms with Gasteiger partial charge in [-0.25, -0.2) is 8.51 Å². The molecule has 4 nitrogen and oxygen atoms in total. The van der Waals surface area contributed by atoms with Crippen LogP contribution in [0.15, 0.2) is 24.3 Å². The summed E-state index contributed by atoms with van der Waals surface area (Å²) in [6, 6.07) is 7.09. The summed E-state index contributed by atoms with van der Waals surface area (Å²) in [5.74, 6) is -0.144. The fourth-order valence-corrected chi connectivity index (χ4v) is 3.17. The van der Waals surface area contributed by atoms with Gasteiger partial charge in [-0.2, -0.15) is 0 Å². The normalized spacial score (nSPS) is 21.9. The van der Waals surface area contributed by atoms with Crippen molar-refractivity contribution in [3.05, 3.63) is 29.3 Å². The van der Waals surface area contributed by atoms with E-state index in [2.05, 4.69) is 5.32 Å². The van der Waals surface area contributed by atoms with E-state index in [-0.39, 0.29) is 11.8 Å². The minimum Gasteiger partial charge on any atom is -0.326 e. The van der Waals surface area contributed by atoms with Crippen LogP contribution >= 0.6 is 11.6 Å². The SMILES string of the molecule is CS(=O)N1CCCC(C(=O)Nc2cccc(Cl)c2)C1. The predicted molar refractivity (Wildman–Crippen MR) is 78.4 cm³/mol. The largest absolute Gasteiger partial charge is 0.326 e. The molecule has 1 aliphatic heterocycles. The molecule has 2 atom stereocenters. The quantitative estimate of drug-likeness (QED) is 0.931. The van der Waals surface area contributed by atoms with E-state index in [1.807, 2.05) is 10.4 Å². The lowest BCUT2D eigenvalue weighted by Crippen LogP contribution is -2.41. The van der Waals surface area contributed by atoms with Gasteiger partial charge < -0.3 is 5.32 Å². The number of anilines is 1. The third-order valence-electron chi connectivity index (χ3n) is 3.21. The van der Waals surface area contributed by atoms with Crippen molar-refractivity contribution in [1.82, 2.24) is 4.31 Å². The van der Waals surface area contributed by atoms with Crippen LogP contribution in [0.5, 0.6) is 0 Å². The molecular formula is C13H17ClN2O2S. The minimum atomic E-state index is -1.01. The monoisotopic (exact) mass is 300 g/mol. The number of benzene rings is 1. The Morgan fingerprint density at radius 2 is 2.32 bits per heavy atom. The van der Waals surface area contributed by atoms with Crippen LogP contribution in [0.3, 0.4) is 0 Å². The van der Waals surface area contributed by atoms with Crippen molar-refractivity contribution in [1.29, 1.82) is 0 Å². The number of carbonyl (C=O) groups is 1. The molecule has 0 saturated carbocycles. The number of carbonyl (C=O) groups excluding carboxylic acids is 1. The van der Waals surface area contributed by atoms with Crippen LogP contribution < -0.4 is 5.32 Å². The van der Waals surface area contributed by atoms with Gasteiger partial charge in [-0.1, -0.05) is 17.7 Å². The predicted octanol–water partition coefficient (Wildman–Crippen LogP) is 2.28. The third kappa shape index (κ3) is 4.03. The fraction of sp³-hybridized carbons (Fsp3) is 0.462. The van der Waals surface area contributed by atoms with Gasteiger partial charge in [-0.05, 0) is 31.0 Å². The smallest absolute Gasteiger partial charge is 0.228 e. The molecule has 0 bridgehead atoms. The zero-order valence-corrected chi connectivity index (χ0v) is 12.3. The Hall–Kier alpha value is -0.910. The zero-order chi connectivity index (χ0) is 13.8. The van der Waals surface area contributed by atoms with E-state index >= 15 is 0 Å². The summed E-state index contributed by atoms with van der Waals surface area (Å²) in [4.78, 5) is 12.2. The van der Waals surface area contributed by atoms with Gasteiger partial charge in [0.05, 0.1) is 16.9 Å². The lowest BCUT2D eigenvalue weighted by atomic mass is 9.99. The standard InChI is InChI=1S/C13H17ClN2O2S/c1-19(18)16-7-3-4-10(9-16)13(17)15-12-6-2-5-11(14)8-12/h2,5-6,8,10H,3-4,7,9H2,1H3,(H,15,17). The van der Waals surface area contributed by atoms with Gasteiger partial charge in [-0.3, -0.25) is 4.79 Å². The first-order chi connectivity index (χ1) is 9.06. The first kappa shape index (κ1) is 14.5. The van der Waals surface area contributed by atoms with Crippen molar-refractivity contribution in [3.8, 4) is 0 Å². The molecular weight excluding hydrogens is 284 g/mol. The van der Waals surface area contributed by atoms with E-state index in [9.17, 15) is 9.00 Å². The maximum atomic E-state index is 12.2. The molecule has 2 rings (SSSR count). The summed E-state index contributed by atoms with van der Waals surface area (Å²) in [5.41, 5.74) is 0.701. The molecule has 1 fully saturated rings. The van der Waals surface area contributed by atoms with Gasteiger partial charge in [0.25, 0.3) is 0 Å². The van der Waals surface area contributed by atoms with E-state index < -0.39 is 11.0 Å². The molecule has 1 amide bonds. The molecule has 1 N–H and O–H groups in total. The van der Waals surface area contributed by atoms with Crippen LogP contribution in [-0.2, 0) is 15.8 Å². The molecule has 19 heavy (non-hydrogen) atoms. The molecule has 0 radical (unpaired) electrons. The zero-order valence-electron chi connectivity index (χ0n) is 10.8. The Kier molecular flexibility index (Phi) is 4.96. The minimum absolute atomic E-state index is 0.0302. The van der Waals surface area contributed by atoms with Crippen molar-refractivity contribution >= 4 is 34.2 Å². The highest BCUT2D eigenvalue weighted by Gasteiger charge is 2.27. The Morgan fingerprint density at radius 1 is 1.53 bits per heavy atom. The van der Waals surface area contributed by atoms with Crippen molar-refractivity contribution in [3.63, 3.8) is 0 Å². The number of halogens is 1. The second-order valence-corrected chi connectivity index (χ2v) is 6.45. The van der Waals surface area contributed by atoms with Crippen LogP contribution in [0.4, 0.5) is 5.69 Å². The Labute approximate surface area is 120 Å². The summed E-state index contributed by atoms with van der Waals surface area (Å²) in [7, 11) is -1.01. The van der Waals surface area contributed by atoms with Gasteiger partial charge in [0.15, 0.2) is 0 Å². The van der Waals surface area contributed by atoms with Crippen LogP contribution in [0.25, 0.3) is 0 Å². The van der Waals surface area contributed by atoms with Crippen LogP contribution in [0.1, 0.15) is 12.8 Å². The highest BCUT2D eigenvalue weighted by atomic mass is 35.5. The average molecular weight is 301 g/mol. The second-order valence-electron chi connectivity index (χ2n) is 4.65. The molecule has 104 valence electrons. The number of piperidine rings is 1. The number of hydrogen-bond acceptors (Lipinski definition) is 2. The van der Waals surface area contributed by atoms with Gasteiger partial charge in [0.1, 0.15) is 0 Å². The highest BCUT2D eigenvalue weighted by Crippen LogP contribution is 2.20. The number of rotatable bonds is 3. The molecule has 1 heterocycles. The molecule has 1 saturated heterocycles. The van der Waals surface area contributed by atoms with E-state index in [1.165, 1.54) is 0 Å². The van der Waals surface area contributed by atoms with Gasteiger partial charge in [0.2, 0.25) is 5.91 Å². The number of amides is 1. The number of nitrogens with zero attached hydrogens (tertiary/aromatic N) is 1. The summed E-state index contributed by atoms with van der Waals surface area (Å²) in [6.07, 6.45) is 3.38. The Bertz CT molecular complexity index is 495. The second kappa shape index (κ2) is 6.50. The molecule has 1 aliphatic rings. The van der Waals surface area contributed by atoms with E-state index in [4.69, 9.17) is 11.6 Å². The average Bonchev–Trinajstić information content (AvgIpc) is 2.39. The maximum absolute atomic E-state index is 12.2. The van der Waals surface area contributed by atoms with Crippen molar-refractivity contribution in [2.24, 2.45) is 5.92 Å². The fourth-order valence-electron chi connectivity index (χ4n) is 2.20.